The second-order valence-corrected chi connectivity index (χ2v) is 6.64. The van der Waals surface area contributed by atoms with E-state index in [0.29, 0.717) is 24.8 Å². The molecule has 1 fully saturated rings. The topological polar surface area (TPSA) is 94.5 Å². The van der Waals surface area contributed by atoms with Crippen molar-refractivity contribution in [2.75, 3.05) is 36.5 Å². The molecule has 1 aliphatic rings. The highest BCUT2D eigenvalue weighted by atomic mass is 19.1. The fourth-order valence-corrected chi connectivity index (χ4v) is 3.11. The van der Waals surface area contributed by atoms with Crippen LogP contribution in [0.5, 0.6) is 0 Å². The summed E-state index contributed by atoms with van der Waals surface area (Å²) in [4.78, 5) is 28.0. The smallest absolute Gasteiger partial charge is 0.273 e. The Morgan fingerprint density at radius 2 is 2.14 bits per heavy atom. The number of anilines is 2. The number of rotatable bonds is 6. The Morgan fingerprint density at radius 1 is 1.36 bits per heavy atom. The Balaban J connectivity index is 1.71. The summed E-state index contributed by atoms with van der Waals surface area (Å²) in [6, 6.07) is 2.19. The van der Waals surface area contributed by atoms with E-state index in [1.165, 1.54) is 6.33 Å². The fourth-order valence-electron chi connectivity index (χ4n) is 3.11. The van der Waals surface area contributed by atoms with Gasteiger partial charge in [-0.25, -0.2) is 23.7 Å². The van der Waals surface area contributed by atoms with Crippen molar-refractivity contribution in [3.05, 3.63) is 42.0 Å². The molecule has 2 aromatic rings. The summed E-state index contributed by atoms with van der Waals surface area (Å²) < 4.78 is 26.7. The lowest BCUT2D eigenvalue weighted by molar-refractivity contribution is 0.0940. The molecule has 28 heavy (non-hydrogen) atoms. The first-order valence-electron chi connectivity index (χ1n) is 8.96. The molecule has 3 heterocycles. The molecule has 0 unspecified atom stereocenters. The zero-order valence-electron chi connectivity index (χ0n) is 15.6. The summed E-state index contributed by atoms with van der Waals surface area (Å²) in [7, 11) is 1.91. The van der Waals surface area contributed by atoms with E-state index < -0.39 is 29.3 Å². The zero-order valence-corrected chi connectivity index (χ0v) is 15.6. The molecular weight excluding hydrogens is 370 g/mol. The molecular formula is C18H22F2N6O2. The first-order valence-corrected chi connectivity index (χ1v) is 8.96. The molecule has 0 aromatic carbocycles. The number of aliphatic hydroxyl groups excluding tert-OH is 1. The zero-order chi connectivity index (χ0) is 20.3. The van der Waals surface area contributed by atoms with Gasteiger partial charge in [0.15, 0.2) is 11.5 Å². The first kappa shape index (κ1) is 19.9. The highest BCUT2D eigenvalue weighted by Crippen LogP contribution is 2.25. The van der Waals surface area contributed by atoms with Gasteiger partial charge in [0.05, 0.1) is 18.3 Å². The van der Waals surface area contributed by atoms with Crippen LogP contribution in [0.3, 0.4) is 0 Å². The predicted octanol–water partition coefficient (Wildman–Crippen LogP) is 0.975. The van der Waals surface area contributed by atoms with Crippen LogP contribution in [0.1, 0.15) is 23.8 Å². The van der Waals surface area contributed by atoms with Gasteiger partial charge in [0.25, 0.3) is 5.91 Å². The minimum absolute atomic E-state index is 0.150. The van der Waals surface area contributed by atoms with Crippen LogP contribution in [-0.2, 0) is 0 Å². The minimum atomic E-state index is -1.02. The third-order valence-electron chi connectivity index (χ3n) is 4.71. The average Bonchev–Trinajstić information content (AvgIpc) is 3.06. The molecule has 0 spiro atoms. The van der Waals surface area contributed by atoms with E-state index in [4.69, 9.17) is 0 Å². The van der Waals surface area contributed by atoms with Crippen molar-refractivity contribution < 1.29 is 18.7 Å². The molecule has 2 aromatic heterocycles. The molecule has 8 nitrogen and oxygen atoms in total. The van der Waals surface area contributed by atoms with Crippen LogP contribution in [0.2, 0.25) is 0 Å². The van der Waals surface area contributed by atoms with Crippen LogP contribution < -0.4 is 15.1 Å². The molecule has 2 N–H and O–H groups in total. The summed E-state index contributed by atoms with van der Waals surface area (Å²) in [5.41, 5.74) is -0.472. The quantitative estimate of drug-likeness (QED) is 0.757. The minimum Gasteiger partial charge on any atom is -0.391 e. The standard InChI is InChI=1S/C18H22F2N6O2/c1-3-25(2)15-6-16(24-10-23-15)26-9-13(27)5-12(26)8-22-18(28)17-14(20)4-11(19)7-21-17/h4,6-7,10,12-13,27H,3,5,8-9H2,1-2H3,(H,22,28)/t12-,13-/m1/s1. The summed E-state index contributed by atoms with van der Waals surface area (Å²) in [5, 5.41) is 12.7. The molecule has 1 aliphatic heterocycles. The monoisotopic (exact) mass is 392 g/mol. The molecule has 150 valence electrons. The molecule has 0 aliphatic carbocycles. The summed E-state index contributed by atoms with van der Waals surface area (Å²) in [6.45, 7) is 3.28. The number of carbonyl (C=O) groups excluding carboxylic acids is 1. The normalized spacial score (nSPS) is 19.0. The number of hydrogen-bond donors (Lipinski definition) is 2. The van der Waals surface area contributed by atoms with Crippen LogP contribution in [0.25, 0.3) is 0 Å². The van der Waals surface area contributed by atoms with E-state index >= 15 is 0 Å². The molecule has 10 heteroatoms. The summed E-state index contributed by atoms with van der Waals surface area (Å²) in [6.07, 6.45) is 2.08. The molecule has 0 bridgehead atoms. The van der Waals surface area contributed by atoms with Crippen LogP contribution in [0, 0.1) is 11.6 Å². The van der Waals surface area contributed by atoms with Crippen LogP contribution in [0.15, 0.2) is 24.7 Å². The number of nitrogens with zero attached hydrogens (tertiary/aromatic N) is 5. The van der Waals surface area contributed by atoms with Gasteiger partial charge in [0.2, 0.25) is 0 Å². The number of halogens is 2. The molecule has 1 saturated heterocycles. The highest BCUT2D eigenvalue weighted by Gasteiger charge is 2.32. The third kappa shape index (κ3) is 4.33. The molecule has 0 radical (unpaired) electrons. The molecule has 2 atom stereocenters. The Bertz CT molecular complexity index is 853. The van der Waals surface area contributed by atoms with Gasteiger partial charge in [-0.3, -0.25) is 4.79 Å². The van der Waals surface area contributed by atoms with Gasteiger partial charge in [-0.05, 0) is 13.3 Å². The van der Waals surface area contributed by atoms with Gasteiger partial charge in [-0.15, -0.1) is 0 Å². The number of carbonyl (C=O) groups is 1. The lowest BCUT2D eigenvalue weighted by Gasteiger charge is -2.26. The van der Waals surface area contributed by atoms with E-state index in [1.807, 2.05) is 29.8 Å². The molecule has 1 amide bonds. The van der Waals surface area contributed by atoms with Crippen molar-refractivity contribution in [3.8, 4) is 0 Å². The number of nitrogens with one attached hydrogen (secondary N) is 1. The third-order valence-corrected chi connectivity index (χ3v) is 4.71. The summed E-state index contributed by atoms with van der Waals surface area (Å²) in [5.74, 6) is -1.24. The predicted molar refractivity (Wildman–Crippen MR) is 99.2 cm³/mol. The highest BCUT2D eigenvalue weighted by molar-refractivity contribution is 5.92. The lowest BCUT2D eigenvalue weighted by Crippen LogP contribution is -2.41. The van der Waals surface area contributed by atoms with Crippen molar-refractivity contribution in [1.29, 1.82) is 0 Å². The fraction of sp³-hybridized carbons (Fsp3) is 0.444. The molecule has 0 saturated carbocycles. The Kier molecular flexibility index (Phi) is 5.98. The van der Waals surface area contributed by atoms with Crippen molar-refractivity contribution in [1.82, 2.24) is 20.3 Å². The number of aromatic nitrogens is 3. The number of hydrogen-bond acceptors (Lipinski definition) is 7. The van der Waals surface area contributed by atoms with Gasteiger partial charge in [-0.2, -0.15) is 0 Å². The van der Waals surface area contributed by atoms with Crippen molar-refractivity contribution >= 4 is 17.5 Å². The van der Waals surface area contributed by atoms with E-state index in [-0.39, 0.29) is 12.6 Å². The second-order valence-electron chi connectivity index (χ2n) is 6.64. The van der Waals surface area contributed by atoms with Crippen LogP contribution in [-0.4, -0.2) is 64.8 Å². The first-order chi connectivity index (χ1) is 13.4. The van der Waals surface area contributed by atoms with Crippen molar-refractivity contribution in [2.45, 2.75) is 25.5 Å². The Hall–Kier alpha value is -2.88. The van der Waals surface area contributed by atoms with Gasteiger partial charge in [0.1, 0.15) is 23.8 Å². The van der Waals surface area contributed by atoms with E-state index in [0.717, 1.165) is 18.6 Å². The maximum Gasteiger partial charge on any atom is 0.273 e. The van der Waals surface area contributed by atoms with Gasteiger partial charge >= 0.3 is 0 Å². The Labute approximate surface area is 161 Å². The van der Waals surface area contributed by atoms with Gasteiger partial charge in [0, 0.05) is 38.8 Å². The number of amides is 1. The summed E-state index contributed by atoms with van der Waals surface area (Å²) >= 11 is 0. The molecule has 3 rings (SSSR count). The van der Waals surface area contributed by atoms with Crippen molar-refractivity contribution in [2.24, 2.45) is 0 Å². The number of β-amino-alcohol motifs (C(OH)–C–C–N with tert-alkyl or cyclic N) is 1. The van der Waals surface area contributed by atoms with Crippen LogP contribution >= 0.6 is 0 Å². The largest absolute Gasteiger partial charge is 0.391 e. The van der Waals surface area contributed by atoms with Gasteiger partial charge in [-0.1, -0.05) is 0 Å². The number of aliphatic hydroxyl groups is 1. The van der Waals surface area contributed by atoms with Gasteiger partial charge < -0.3 is 20.2 Å². The van der Waals surface area contributed by atoms with Crippen molar-refractivity contribution in [3.63, 3.8) is 0 Å². The average molecular weight is 392 g/mol. The SMILES string of the molecule is CCN(C)c1cc(N2C[C@H](O)C[C@@H]2CNC(=O)c2ncc(F)cc2F)ncn1. The van der Waals surface area contributed by atoms with E-state index in [1.54, 1.807) is 0 Å². The van der Waals surface area contributed by atoms with E-state index in [2.05, 4.69) is 20.3 Å². The maximum absolute atomic E-state index is 13.7. The lowest BCUT2D eigenvalue weighted by atomic mass is 10.2. The maximum atomic E-state index is 13.7. The second kappa shape index (κ2) is 8.42. The number of pyridine rings is 1. The van der Waals surface area contributed by atoms with Crippen LogP contribution in [0.4, 0.5) is 20.4 Å². The Morgan fingerprint density at radius 3 is 2.86 bits per heavy atom. The van der Waals surface area contributed by atoms with E-state index in [9.17, 15) is 18.7 Å².